The van der Waals surface area contributed by atoms with Crippen LogP contribution in [0.5, 0.6) is 0 Å². The molecule has 0 saturated heterocycles. The molecule has 0 saturated carbocycles. The van der Waals surface area contributed by atoms with Crippen molar-refractivity contribution in [2.45, 2.75) is 0 Å². The van der Waals surface area contributed by atoms with Gasteiger partial charge in [0.2, 0.25) is 0 Å². The van der Waals surface area contributed by atoms with Crippen LogP contribution in [0.2, 0.25) is 0 Å². The summed E-state index contributed by atoms with van der Waals surface area (Å²) < 4.78 is 0. The summed E-state index contributed by atoms with van der Waals surface area (Å²) in [5, 5.41) is 11.9. The molecular formula is C25H22N2O4. The van der Waals surface area contributed by atoms with Gasteiger partial charge in [-0.15, -0.1) is 0 Å². The lowest BCUT2D eigenvalue weighted by atomic mass is 10.1. The van der Waals surface area contributed by atoms with Crippen LogP contribution in [0.3, 0.4) is 0 Å². The van der Waals surface area contributed by atoms with E-state index in [1.54, 1.807) is 31.3 Å². The van der Waals surface area contributed by atoms with Crippen molar-refractivity contribution >= 4 is 35.9 Å². The molecular weight excluding hydrogens is 392 g/mol. The van der Waals surface area contributed by atoms with Crippen molar-refractivity contribution in [3.8, 4) is 0 Å². The van der Waals surface area contributed by atoms with E-state index in [4.69, 9.17) is 4.84 Å². The van der Waals surface area contributed by atoms with Crippen molar-refractivity contribution in [3.05, 3.63) is 111 Å². The van der Waals surface area contributed by atoms with Crippen LogP contribution in [0.4, 0.5) is 5.69 Å². The molecule has 3 rings (SSSR count). The second kappa shape index (κ2) is 10.1. The van der Waals surface area contributed by atoms with Gasteiger partial charge in [-0.3, -0.25) is 19.7 Å². The molecule has 3 aromatic carbocycles. The highest BCUT2D eigenvalue weighted by atomic mass is 16.7. The number of hydroxylamine groups is 2. The largest absolute Gasteiger partial charge is 0.277 e. The summed E-state index contributed by atoms with van der Waals surface area (Å²) in [6.45, 7) is 0. The molecule has 156 valence electrons. The molecule has 31 heavy (non-hydrogen) atoms. The van der Waals surface area contributed by atoms with E-state index in [0.717, 1.165) is 22.3 Å². The SMILES string of the molecule is CON(C)C(=O)c1ccc(/C=C/c2ccc(/C=C/c3ccc([N+](=O)[O-])cc3)cc2)cc1. The van der Waals surface area contributed by atoms with E-state index in [9.17, 15) is 14.9 Å². The lowest BCUT2D eigenvalue weighted by molar-refractivity contribution is -0.384. The van der Waals surface area contributed by atoms with E-state index >= 15 is 0 Å². The second-order valence-corrected chi connectivity index (χ2v) is 6.79. The number of amides is 1. The molecule has 3 aromatic rings. The van der Waals surface area contributed by atoms with Gasteiger partial charge in [0, 0.05) is 24.7 Å². The number of rotatable bonds is 7. The molecule has 0 aliphatic heterocycles. The standard InChI is InChI=1S/C25H22N2O4/c1-26(31-2)25(28)23-15-11-21(12-16-23)9-7-19-3-5-20(6-4-19)8-10-22-13-17-24(18-14-22)27(29)30/h3-18H,1-2H3/b9-7+,10-8+. The van der Waals surface area contributed by atoms with Gasteiger partial charge >= 0.3 is 0 Å². The van der Waals surface area contributed by atoms with Crippen LogP contribution in [0.15, 0.2) is 72.8 Å². The number of nitro benzene ring substituents is 1. The van der Waals surface area contributed by atoms with Crippen molar-refractivity contribution in [2.24, 2.45) is 0 Å². The van der Waals surface area contributed by atoms with Crippen molar-refractivity contribution < 1.29 is 14.6 Å². The topological polar surface area (TPSA) is 72.7 Å². The van der Waals surface area contributed by atoms with Crippen molar-refractivity contribution in [3.63, 3.8) is 0 Å². The Morgan fingerprint density at radius 1 is 0.774 bits per heavy atom. The molecule has 0 atom stereocenters. The zero-order valence-corrected chi connectivity index (χ0v) is 17.3. The van der Waals surface area contributed by atoms with Crippen molar-refractivity contribution in [1.29, 1.82) is 0 Å². The predicted octanol–water partition coefficient (Wildman–Crippen LogP) is 5.57. The minimum atomic E-state index is -0.409. The molecule has 0 aliphatic carbocycles. The minimum absolute atomic E-state index is 0.0804. The Hall–Kier alpha value is -4.03. The molecule has 1 amide bonds. The summed E-state index contributed by atoms with van der Waals surface area (Å²) in [6.07, 6.45) is 7.86. The highest BCUT2D eigenvalue weighted by Crippen LogP contribution is 2.16. The first kappa shape index (κ1) is 21.7. The van der Waals surface area contributed by atoms with Gasteiger partial charge in [0.05, 0.1) is 12.0 Å². The third kappa shape index (κ3) is 5.98. The van der Waals surface area contributed by atoms with Crippen LogP contribution in [0, 0.1) is 10.1 Å². The number of benzene rings is 3. The smallest absolute Gasteiger partial charge is 0.274 e. The van der Waals surface area contributed by atoms with Gasteiger partial charge < -0.3 is 0 Å². The Balaban J connectivity index is 1.61. The van der Waals surface area contributed by atoms with Crippen molar-refractivity contribution in [2.75, 3.05) is 14.2 Å². The lowest BCUT2D eigenvalue weighted by Gasteiger charge is -2.13. The summed E-state index contributed by atoms with van der Waals surface area (Å²) in [6, 6.07) is 21.8. The molecule has 0 radical (unpaired) electrons. The van der Waals surface area contributed by atoms with E-state index in [-0.39, 0.29) is 11.6 Å². The van der Waals surface area contributed by atoms with Crippen LogP contribution >= 0.6 is 0 Å². The van der Waals surface area contributed by atoms with Gasteiger partial charge in [-0.1, -0.05) is 60.7 Å². The maximum atomic E-state index is 12.0. The van der Waals surface area contributed by atoms with Crippen LogP contribution in [-0.2, 0) is 4.84 Å². The summed E-state index contributed by atoms with van der Waals surface area (Å²) in [4.78, 5) is 27.2. The molecule has 0 spiro atoms. The van der Waals surface area contributed by atoms with E-state index in [1.807, 2.05) is 60.7 Å². The van der Waals surface area contributed by atoms with Gasteiger partial charge in [-0.2, -0.15) is 0 Å². The summed E-state index contributed by atoms with van der Waals surface area (Å²) in [5.74, 6) is -0.199. The molecule has 0 N–H and O–H groups in total. The van der Waals surface area contributed by atoms with Gasteiger partial charge in [0.1, 0.15) is 0 Å². The number of carbonyl (C=O) groups excluding carboxylic acids is 1. The Labute approximate surface area is 180 Å². The first-order valence-corrected chi connectivity index (χ1v) is 9.59. The molecule has 6 nitrogen and oxygen atoms in total. The van der Waals surface area contributed by atoms with E-state index in [0.29, 0.717) is 5.56 Å². The average molecular weight is 414 g/mol. The molecule has 0 heterocycles. The van der Waals surface area contributed by atoms with Crippen LogP contribution < -0.4 is 0 Å². The quantitative estimate of drug-likeness (QED) is 0.288. The summed E-state index contributed by atoms with van der Waals surface area (Å²) in [5.41, 5.74) is 4.60. The fourth-order valence-electron chi connectivity index (χ4n) is 2.81. The molecule has 0 unspecified atom stereocenters. The Kier molecular flexibility index (Phi) is 7.09. The molecule has 0 bridgehead atoms. The van der Waals surface area contributed by atoms with Crippen molar-refractivity contribution in [1.82, 2.24) is 5.06 Å². The van der Waals surface area contributed by atoms with Gasteiger partial charge in [-0.05, 0) is 46.5 Å². The Bertz CT molecular complexity index is 1100. The fraction of sp³-hybridized carbons (Fsp3) is 0.0800. The molecule has 0 aliphatic rings. The van der Waals surface area contributed by atoms with Gasteiger partial charge in [0.25, 0.3) is 11.6 Å². The maximum Gasteiger partial charge on any atom is 0.277 e. The second-order valence-electron chi connectivity index (χ2n) is 6.79. The molecule has 0 fully saturated rings. The Morgan fingerprint density at radius 3 is 1.48 bits per heavy atom. The number of nitrogens with zero attached hydrogens (tertiary/aromatic N) is 2. The maximum absolute atomic E-state index is 12.0. The molecule has 0 aromatic heterocycles. The van der Waals surface area contributed by atoms with Crippen LogP contribution in [0.25, 0.3) is 24.3 Å². The average Bonchev–Trinajstić information content (AvgIpc) is 2.81. The number of nitro groups is 1. The highest BCUT2D eigenvalue weighted by Gasteiger charge is 2.10. The highest BCUT2D eigenvalue weighted by molar-refractivity contribution is 5.93. The normalized spacial score (nSPS) is 11.2. The number of non-ortho nitro benzene ring substituents is 1. The number of hydrogen-bond donors (Lipinski definition) is 0. The summed E-state index contributed by atoms with van der Waals surface area (Å²) in [7, 11) is 3.02. The van der Waals surface area contributed by atoms with Gasteiger partial charge in [-0.25, -0.2) is 5.06 Å². The number of carbonyl (C=O) groups is 1. The predicted molar refractivity (Wildman–Crippen MR) is 123 cm³/mol. The third-order valence-electron chi connectivity index (χ3n) is 4.69. The fourth-order valence-corrected chi connectivity index (χ4v) is 2.81. The lowest BCUT2D eigenvalue weighted by Crippen LogP contribution is -2.25. The minimum Gasteiger partial charge on any atom is -0.274 e. The first-order chi connectivity index (χ1) is 15.0. The van der Waals surface area contributed by atoms with Crippen LogP contribution in [0.1, 0.15) is 32.6 Å². The van der Waals surface area contributed by atoms with Crippen LogP contribution in [-0.4, -0.2) is 30.1 Å². The number of hydrogen-bond acceptors (Lipinski definition) is 4. The summed E-state index contributed by atoms with van der Waals surface area (Å²) >= 11 is 0. The monoisotopic (exact) mass is 414 g/mol. The molecule has 6 heteroatoms. The Morgan fingerprint density at radius 2 is 1.13 bits per heavy atom. The van der Waals surface area contributed by atoms with E-state index < -0.39 is 4.92 Å². The first-order valence-electron chi connectivity index (χ1n) is 9.59. The zero-order chi connectivity index (χ0) is 22.2. The van der Waals surface area contributed by atoms with Gasteiger partial charge in [0.15, 0.2) is 0 Å². The van der Waals surface area contributed by atoms with E-state index in [2.05, 4.69) is 0 Å². The zero-order valence-electron chi connectivity index (χ0n) is 17.3. The van der Waals surface area contributed by atoms with E-state index in [1.165, 1.54) is 24.3 Å². The third-order valence-corrected chi connectivity index (χ3v) is 4.69.